The highest BCUT2D eigenvalue weighted by Crippen LogP contribution is 2.35. The lowest BCUT2D eigenvalue weighted by molar-refractivity contribution is 0.0926. The van der Waals surface area contributed by atoms with Crippen molar-refractivity contribution < 1.29 is 9.90 Å². The first-order chi connectivity index (χ1) is 13.4. The van der Waals surface area contributed by atoms with Crippen molar-refractivity contribution in [3.63, 3.8) is 0 Å². The van der Waals surface area contributed by atoms with Gasteiger partial charge in [0, 0.05) is 19.3 Å². The number of rotatable bonds is 6. The van der Waals surface area contributed by atoms with E-state index in [1.165, 1.54) is 23.9 Å². The lowest BCUT2D eigenvalue weighted by Crippen LogP contribution is -2.37. The average Bonchev–Trinajstić information content (AvgIpc) is 3.52. The zero-order valence-electron chi connectivity index (χ0n) is 16.3. The number of benzene rings is 1. The van der Waals surface area contributed by atoms with Gasteiger partial charge in [-0.15, -0.1) is 0 Å². The van der Waals surface area contributed by atoms with Gasteiger partial charge in [-0.2, -0.15) is 0 Å². The molecule has 0 radical (unpaired) electrons. The quantitative estimate of drug-likeness (QED) is 0.713. The van der Waals surface area contributed by atoms with Crippen molar-refractivity contribution in [1.29, 1.82) is 0 Å². The molecule has 1 aliphatic carbocycles. The summed E-state index contributed by atoms with van der Waals surface area (Å²) in [5.41, 5.74) is 0.473. The number of aromatic hydroxyl groups is 1. The minimum absolute atomic E-state index is 0.00767. The van der Waals surface area contributed by atoms with E-state index in [1.807, 2.05) is 26.0 Å². The number of hydrogen-bond acceptors (Lipinski definition) is 3. The molecule has 3 rings (SSSR count). The van der Waals surface area contributed by atoms with Gasteiger partial charge in [0.05, 0.1) is 15.6 Å². The lowest BCUT2D eigenvalue weighted by atomic mass is 10.0. The van der Waals surface area contributed by atoms with E-state index in [9.17, 15) is 14.7 Å². The van der Waals surface area contributed by atoms with Crippen molar-refractivity contribution >= 4 is 29.1 Å². The number of carbonyl (C=O) groups excluding carboxylic acids is 1. The Balaban J connectivity index is 0.00000136. The van der Waals surface area contributed by atoms with Crippen molar-refractivity contribution in [2.24, 2.45) is 13.0 Å². The monoisotopic (exact) mass is 424 g/mol. The molecule has 1 heterocycles. The number of aromatic nitrogens is 1. The maximum absolute atomic E-state index is 12.5. The van der Waals surface area contributed by atoms with Gasteiger partial charge in [-0.1, -0.05) is 43.1 Å². The molecular formula is C21H26Cl2N2O3. The molecule has 5 nitrogen and oxygen atoms in total. The zero-order chi connectivity index (χ0) is 20.8. The summed E-state index contributed by atoms with van der Waals surface area (Å²) in [5, 5.41) is 14.0. The number of pyridine rings is 1. The summed E-state index contributed by atoms with van der Waals surface area (Å²) in [5.74, 6) is -0.520. The maximum atomic E-state index is 12.5. The molecule has 0 bridgehead atoms. The number of nitrogens with zero attached hydrogens (tertiary/aromatic N) is 1. The van der Waals surface area contributed by atoms with Crippen LogP contribution in [-0.4, -0.2) is 21.6 Å². The first kappa shape index (κ1) is 22.3. The first-order valence-electron chi connectivity index (χ1n) is 9.50. The van der Waals surface area contributed by atoms with E-state index in [0.29, 0.717) is 16.0 Å². The van der Waals surface area contributed by atoms with Crippen molar-refractivity contribution in [2.45, 2.75) is 45.6 Å². The Morgan fingerprint density at radius 3 is 2.54 bits per heavy atom. The zero-order valence-corrected chi connectivity index (χ0v) is 17.8. The maximum Gasteiger partial charge on any atom is 0.293 e. The third kappa shape index (κ3) is 5.52. The largest absolute Gasteiger partial charge is 0.502 e. The normalized spacial score (nSPS) is 14.0. The number of carbonyl (C=O) groups is 1. The summed E-state index contributed by atoms with van der Waals surface area (Å²) in [6.45, 7) is 4.00. The van der Waals surface area contributed by atoms with E-state index in [0.717, 1.165) is 31.2 Å². The van der Waals surface area contributed by atoms with Gasteiger partial charge in [0.1, 0.15) is 0 Å². The molecular weight excluding hydrogens is 399 g/mol. The van der Waals surface area contributed by atoms with E-state index < -0.39 is 17.2 Å². The lowest BCUT2D eigenvalue weighted by Gasteiger charge is -2.19. The number of hydrogen-bond donors (Lipinski definition) is 2. The number of halogens is 2. The van der Waals surface area contributed by atoms with Crippen LogP contribution in [0.5, 0.6) is 5.75 Å². The van der Waals surface area contributed by atoms with Crippen LogP contribution in [-0.2, 0) is 13.5 Å². The van der Waals surface area contributed by atoms with E-state index in [2.05, 4.69) is 5.32 Å². The summed E-state index contributed by atoms with van der Waals surface area (Å²) in [6, 6.07) is 6.96. The van der Waals surface area contributed by atoms with Crippen LogP contribution in [0.15, 0.2) is 35.3 Å². The molecule has 28 heavy (non-hydrogen) atoms. The smallest absolute Gasteiger partial charge is 0.293 e. The Bertz CT molecular complexity index is 892. The minimum atomic E-state index is -0.587. The summed E-state index contributed by atoms with van der Waals surface area (Å²) < 4.78 is 1.23. The fraction of sp³-hybridized carbons (Fsp3) is 0.429. The van der Waals surface area contributed by atoms with Crippen LogP contribution >= 0.6 is 23.2 Å². The fourth-order valence-corrected chi connectivity index (χ4v) is 3.31. The standard InChI is InChI=1S/C19H20Cl2N2O3.C2H6/c1-23-9-8-13(17(24)19(23)26)18(25)22-16(12-4-5-12)7-3-11-2-6-14(20)15(21)10-11;1-2/h2,6,8-10,12,16,24H,3-5,7H2,1H3,(H,22,25);1-2H3. The second-order valence-electron chi connectivity index (χ2n) is 6.70. The molecule has 2 aromatic rings. The van der Waals surface area contributed by atoms with Gasteiger partial charge in [0.2, 0.25) is 0 Å². The highest BCUT2D eigenvalue weighted by Gasteiger charge is 2.32. The van der Waals surface area contributed by atoms with E-state index >= 15 is 0 Å². The predicted molar refractivity (Wildman–Crippen MR) is 113 cm³/mol. The van der Waals surface area contributed by atoms with Crippen LogP contribution in [0.2, 0.25) is 10.0 Å². The molecule has 1 unspecified atom stereocenters. The van der Waals surface area contributed by atoms with E-state index in [1.54, 1.807) is 6.07 Å². The molecule has 2 N–H and O–H groups in total. The van der Waals surface area contributed by atoms with Crippen molar-refractivity contribution in [3.8, 4) is 5.75 Å². The van der Waals surface area contributed by atoms with E-state index in [-0.39, 0.29) is 11.6 Å². The molecule has 1 atom stereocenters. The molecule has 1 aromatic carbocycles. The van der Waals surface area contributed by atoms with Crippen molar-refractivity contribution in [1.82, 2.24) is 9.88 Å². The topological polar surface area (TPSA) is 71.3 Å². The summed E-state index contributed by atoms with van der Waals surface area (Å²) >= 11 is 12.0. The van der Waals surface area contributed by atoms with Gasteiger partial charge in [0.15, 0.2) is 5.75 Å². The first-order valence-corrected chi connectivity index (χ1v) is 10.3. The van der Waals surface area contributed by atoms with Gasteiger partial charge >= 0.3 is 0 Å². The average molecular weight is 425 g/mol. The molecule has 0 saturated heterocycles. The Hall–Kier alpha value is -1.98. The molecule has 1 saturated carbocycles. The molecule has 0 aliphatic heterocycles. The SMILES string of the molecule is CC.Cn1ccc(C(=O)NC(CCc2ccc(Cl)c(Cl)c2)C2CC2)c(O)c1=O. The van der Waals surface area contributed by atoms with Crippen LogP contribution in [0.4, 0.5) is 0 Å². The summed E-state index contributed by atoms with van der Waals surface area (Å²) in [4.78, 5) is 24.3. The molecule has 0 spiro atoms. The molecule has 7 heteroatoms. The number of aryl methyl sites for hydroxylation is 2. The highest BCUT2D eigenvalue weighted by atomic mass is 35.5. The van der Waals surface area contributed by atoms with Gasteiger partial charge in [-0.25, -0.2) is 0 Å². The Kier molecular flexibility index (Phi) is 7.96. The predicted octanol–water partition coefficient (Wildman–Crippen LogP) is 4.57. The molecule has 152 valence electrons. The van der Waals surface area contributed by atoms with Gasteiger partial charge in [-0.3, -0.25) is 9.59 Å². The third-order valence-corrected chi connectivity index (χ3v) is 5.46. The van der Waals surface area contributed by atoms with Gasteiger partial charge in [-0.05, 0) is 55.4 Å². The van der Waals surface area contributed by atoms with Crippen molar-refractivity contribution in [3.05, 3.63) is 62.0 Å². The second-order valence-corrected chi connectivity index (χ2v) is 7.51. The number of amides is 1. The van der Waals surface area contributed by atoms with Crippen LogP contribution in [0.1, 0.15) is 49.0 Å². The third-order valence-electron chi connectivity index (χ3n) is 4.72. The molecule has 1 aliphatic rings. The molecule has 1 fully saturated rings. The van der Waals surface area contributed by atoms with Crippen LogP contribution in [0.25, 0.3) is 0 Å². The Labute approximate surface area is 175 Å². The van der Waals surface area contributed by atoms with Crippen molar-refractivity contribution in [2.75, 3.05) is 0 Å². The van der Waals surface area contributed by atoms with Gasteiger partial charge in [0.25, 0.3) is 11.5 Å². The number of nitrogens with one attached hydrogen (secondary N) is 1. The highest BCUT2D eigenvalue weighted by molar-refractivity contribution is 6.42. The van der Waals surface area contributed by atoms with Crippen LogP contribution < -0.4 is 10.9 Å². The van der Waals surface area contributed by atoms with Crippen LogP contribution in [0, 0.1) is 5.92 Å². The Morgan fingerprint density at radius 2 is 1.93 bits per heavy atom. The molecule has 1 amide bonds. The van der Waals surface area contributed by atoms with Gasteiger partial charge < -0.3 is 15.0 Å². The second kappa shape index (κ2) is 9.99. The fourth-order valence-electron chi connectivity index (χ4n) is 2.99. The summed E-state index contributed by atoms with van der Waals surface area (Å²) in [6.07, 6.45) is 5.10. The van der Waals surface area contributed by atoms with E-state index in [4.69, 9.17) is 23.2 Å². The van der Waals surface area contributed by atoms with Crippen LogP contribution in [0.3, 0.4) is 0 Å². The Morgan fingerprint density at radius 1 is 1.25 bits per heavy atom. The minimum Gasteiger partial charge on any atom is -0.502 e. The molecule has 1 aromatic heterocycles. The summed E-state index contributed by atoms with van der Waals surface area (Å²) in [7, 11) is 1.52.